The van der Waals surface area contributed by atoms with Crippen molar-refractivity contribution in [3.05, 3.63) is 17.3 Å². The quantitative estimate of drug-likeness (QED) is 0.354. The highest BCUT2D eigenvalue weighted by atomic mass is 127. The van der Waals surface area contributed by atoms with Crippen LogP contribution in [-0.2, 0) is 11.3 Å². The van der Waals surface area contributed by atoms with Crippen molar-refractivity contribution in [3.8, 4) is 0 Å². The molecule has 1 rings (SSSR count). The monoisotopic (exact) mass is 368 g/mol. The first-order chi connectivity index (χ1) is 8.17. The molecule has 0 atom stereocenters. The molecule has 104 valence electrons. The Hall–Kier alpha value is -0.830. The number of nitrogens with one attached hydrogen (secondary N) is 2. The van der Waals surface area contributed by atoms with E-state index in [9.17, 15) is 0 Å². The molecule has 1 heterocycles. The van der Waals surface area contributed by atoms with Gasteiger partial charge in [0.1, 0.15) is 5.76 Å². The Labute approximate surface area is 125 Å². The molecule has 1 aromatic heterocycles. The number of aromatic nitrogens is 1. The van der Waals surface area contributed by atoms with Crippen LogP contribution in [0.4, 0.5) is 0 Å². The molecule has 6 nitrogen and oxygen atoms in total. The van der Waals surface area contributed by atoms with E-state index in [0.29, 0.717) is 31.5 Å². The topological polar surface area (TPSA) is 71.7 Å². The minimum Gasteiger partial charge on any atom is -0.444 e. The Balaban J connectivity index is 0.00000289. The van der Waals surface area contributed by atoms with Gasteiger partial charge in [-0.25, -0.2) is 4.98 Å². The third-order valence-electron chi connectivity index (χ3n) is 2.30. The van der Waals surface area contributed by atoms with Gasteiger partial charge in [-0.15, -0.1) is 24.0 Å². The predicted octanol–water partition coefficient (Wildman–Crippen LogP) is 1.22. The van der Waals surface area contributed by atoms with Crippen LogP contribution in [0.25, 0.3) is 0 Å². The number of methoxy groups -OCH3 is 1. The first-order valence-corrected chi connectivity index (χ1v) is 5.53. The molecule has 0 unspecified atom stereocenters. The molecule has 0 saturated heterocycles. The van der Waals surface area contributed by atoms with Crippen molar-refractivity contribution in [2.24, 2.45) is 4.99 Å². The van der Waals surface area contributed by atoms with Gasteiger partial charge in [-0.1, -0.05) is 0 Å². The van der Waals surface area contributed by atoms with Gasteiger partial charge in [-0.2, -0.15) is 0 Å². The molecular weight excluding hydrogens is 347 g/mol. The number of aryl methyl sites for hydroxylation is 2. The Bertz CT molecular complexity index is 360. The average molecular weight is 368 g/mol. The number of hydrogen-bond acceptors (Lipinski definition) is 4. The summed E-state index contributed by atoms with van der Waals surface area (Å²) in [6.07, 6.45) is 0. The first kappa shape index (κ1) is 17.2. The highest BCUT2D eigenvalue weighted by molar-refractivity contribution is 14.0. The van der Waals surface area contributed by atoms with Gasteiger partial charge in [0.25, 0.3) is 0 Å². The fraction of sp³-hybridized carbons (Fsp3) is 0.636. The minimum absolute atomic E-state index is 0. The van der Waals surface area contributed by atoms with Crippen LogP contribution in [-0.4, -0.2) is 38.3 Å². The lowest BCUT2D eigenvalue weighted by molar-refractivity contribution is 0.203. The first-order valence-electron chi connectivity index (χ1n) is 5.53. The summed E-state index contributed by atoms with van der Waals surface area (Å²) in [7, 11) is 3.38. The summed E-state index contributed by atoms with van der Waals surface area (Å²) in [5.41, 5.74) is 0.920. The van der Waals surface area contributed by atoms with E-state index in [1.165, 1.54) is 0 Å². The highest BCUT2D eigenvalue weighted by Crippen LogP contribution is 2.07. The molecule has 0 aliphatic rings. The maximum Gasteiger partial charge on any atom is 0.214 e. The van der Waals surface area contributed by atoms with Gasteiger partial charge in [0.05, 0.1) is 18.8 Å². The Morgan fingerprint density at radius 3 is 2.61 bits per heavy atom. The largest absolute Gasteiger partial charge is 0.444 e. The van der Waals surface area contributed by atoms with Crippen LogP contribution in [0.1, 0.15) is 17.3 Å². The molecule has 0 aromatic carbocycles. The highest BCUT2D eigenvalue weighted by Gasteiger charge is 2.05. The van der Waals surface area contributed by atoms with Crippen molar-refractivity contribution < 1.29 is 9.15 Å². The van der Waals surface area contributed by atoms with Gasteiger partial charge in [-0.3, -0.25) is 4.99 Å². The lowest BCUT2D eigenvalue weighted by Crippen LogP contribution is -2.38. The van der Waals surface area contributed by atoms with Crippen molar-refractivity contribution in [3.63, 3.8) is 0 Å². The molecular formula is C11H21IN4O2. The molecule has 0 bridgehead atoms. The number of rotatable bonds is 5. The predicted molar refractivity (Wildman–Crippen MR) is 81.5 cm³/mol. The van der Waals surface area contributed by atoms with E-state index >= 15 is 0 Å². The molecule has 0 radical (unpaired) electrons. The van der Waals surface area contributed by atoms with E-state index in [1.807, 2.05) is 13.8 Å². The zero-order chi connectivity index (χ0) is 12.7. The van der Waals surface area contributed by atoms with Crippen LogP contribution in [0.5, 0.6) is 0 Å². The lowest BCUT2D eigenvalue weighted by atomic mass is 10.4. The number of halogens is 1. The maximum atomic E-state index is 5.45. The van der Waals surface area contributed by atoms with Crippen LogP contribution < -0.4 is 10.6 Å². The number of oxazole rings is 1. The summed E-state index contributed by atoms with van der Waals surface area (Å²) in [4.78, 5) is 8.35. The maximum absolute atomic E-state index is 5.45. The molecule has 7 heteroatoms. The zero-order valence-electron chi connectivity index (χ0n) is 11.2. The van der Waals surface area contributed by atoms with E-state index < -0.39 is 0 Å². The van der Waals surface area contributed by atoms with Gasteiger partial charge in [-0.05, 0) is 13.8 Å². The average Bonchev–Trinajstić information content (AvgIpc) is 2.63. The summed E-state index contributed by atoms with van der Waals surface area (Å²) in [5.74, 6) is 2.22. The van der Waals surface area contributed by atoms with Crippen molar-refractivity contribution in [2.45, 2.75) is 20.4 Å². The van der Waals surface area contributed by atoms with Gasteiger partial charge in [0, 0.05) is 20.7 Å². The minimum atomic E-state index is 0. The SMILES string of the molecule is CN=C(NCCOC)NCc1nc(C)c(C)o1.I. The van der Waals surface area contributed by atoms with Crippen LogP contribution >= 0.6 is 24.0 Å². The second kappa shape index (κ2) is 9.15. The molecule has 0 saturated carbocycles. The normalized spacial score (nSPS) is 11.0. The molecule has 0 aliphatic carbocycles. The molecule has 1 aromatic rings. The second-order valence-corrected chi connectivity index (χ2v) is 3.59. The molecule has 0 amide bonds. The fourth-order valence-corrected chi connectivity index (χ4v) is 1.27. The van der Waals surface area contributed by atoms with Crippen LogP contribution in [0.3, 0.4) is 0 Å². The van der Waals surface area contributed by atoms with Gasteiger partial charge >= 0.3 is 0 Å². The Morgan fingerprint density at radius 1 is 1.39 bits per heavy atom. The number of aliphatic imine (C=N–C) groups is 1. The third kappa shape index (κ3) is 5.67. The Kier molecular flexibility index (Phi) is 8.73. The third-order valence-corrected chi connectivity index (χ3v) is 2.30. The zero-order valence-corrected chi connectivity index (χ0v) is 13.6. The fourth-order valence-electron chi connectivity index (χ4n) is 1.27. The second-order valence-electron chi connectivity index (χ2n) is 3.59. The van der Waals surface area contributed by atoms with Crippen molar-refractivity contribution in [2.75, 3.05) is 27.3 Å². The van der Waals surface area contributed by atoms with Gasteiger partial charge in [0.2, 0.25) is 5.89 Å². The standard InChI is InChI=1S/C11H20N4O2.HI/c1-8-9(2)17-10(15-8)7-14-11(12-3)13-5-6-16-4;/h5-7H2,1-4H3,(H2,12,13,14);1H. The van der Waals surface area contributed by atoms with Gasteiger partial charge in [0.15, 0.2) is 5.96 Å². The number of guanidine groups is 1. The Morgan fingerprint density at radius 2 is 2.11 bits per heavy atom. The van der Waals surface area contributed by atoms with Crippen molar-refractivity contribution in [1.29, 1.82) is 0 Å². The summed E-state index contributed by atoms with van der Waals surface area (Å²) < 4.78 is 10.4. The van der Waals surface area contributed by atoms with Crippen molar-refractivity contribution >= 4 is 29.9 Å². The summed E-state index contributed by atoms with van der Waals surface area (Å²) in [5, 5.41) is 6.22. The number of ether oxygens (including phenoxy) is 1. The van der Waals surface area contributed by atoms with Crippen LogP contribution in [0.15, 0.2) is 9.41 Å². The van der Waals surface area contributed by atoms with E-state index in [2.05, 4.69) is 20.6 Å². The van der Waals surface area contributed by atoms with Crippen molar-refractivity contribution in [1.82, 2.24) is 15.6 Å². The number of hydrogen-bond donors (Lipinski definition) is 2. The smallest absolute Gasteiger partial charge is 0.214 e. The summed E-state index contributed by atoms with van der Waals surface area (Å²) in [6.45, 7) is 5.69. The van der Waals surface area contributed by atoms with E-state index in [1.54, 1.807) is 14.2 Å². The van der Waals surface area contributed by atoms with E-state index in [-0.39, 0.29) is 24.0 Å². The lowest BCUT2D eigenvalue weighted by Gasteiger charge is -2.09. The molecule has 0 spiro atoms. The molecule has 0 aliphatic heterocycles. The summed E-state index contributed by atoms with van der Waals surface area (Å²) in [6, 6.07) is 0. The van der Waals surface area contributed by atoms with E-state index in [4.69, 9.17) is 9.15 Å². The van der Waals surface area contributed by atoms with Gasteiger partial charge < -0.3 is 19.8 Å². The molecule has 18 heavy (non-hydrogen) atoms. The molecule has 0 fully saturated rings. The summed E-state index contributed by atoms with van der Waals surface area (Å²) >= 11 is 0. The van der Waals surface area contributed by atoms with Crippen LogP contribution in [0.2, 0.25) is 0 Å². The van der Waals surface area contributed by atoms with E-state index in [0.717, 1.165) is 11.5 Å². The molecule has 2 N–H and O–H groups in total. The van der Waals surface area contributed by atoms with Crippen LogP contribution in [0, 0.1) is 13.8 Å². The number of nitrogens with zero attached hydrogens (tertiary/aromatic N) is 2.